The first kappa shape index (κ1) is 27.0. The molecule has 1 aliphatic heterocycles. The topological polar surface area (TPSA) is 99.5 Å². The average Bonchev–Trinajstić information content (AvgIpc) is 3.38. The van der Waals surface area contributed by atoms with Crippen molar-refractivity contribution >= 4 is 17.5 Å². The number of anilines is 2. The van der Waals surface area contributed by atoms with Gasteiger partial charge in [0.2, 0.25) is 5.95 Å². The van der Waals surface area contributed by atoms with Gasteiger partial charge in [-0.2, -0.15) is 10.1 Å². The van der Waals surface area contributed by atoms with E-state index in [1.807, 2.05) is 63.2 Å². The first-order chi connectivity index (χ1) is 18.6. The fraction of sp³-hybridized carbons (Fsp3) is 0.414. The fourth-order valence-electron chi connectivity index (χ4n) is 4.53. The number of aromatic nitrogens is 3. The molecule has 0 saturated carbocycles. The molecule has 38 heavy (non-hydrogen) atoms. The molecule has 0 bridgehead atoms. The van der Waals surface area contributed by atoms with Gasteiger partial charge >= 0.3 is 0 Å². The van der Waals surface area contributed by atoms with Crippen LogP contribution in [0.4, 0.5) is 11.6 Å². The molecule has 9 heteroatoms. The molecule has 0 fully saturated rings. The lowest BCUT2D eigenvalue weighted by Gasteiger charge is -2.29. The van der Waals surface area contributed by atoms with Crippen LogP contribution in [0.3, 0.4) is 0 Å². The summed E-state index contributed by atoms with van der Waals surface area (Å²) in [6.45, 7) is 9.53. The quantitative estimate of drug-likeness (QED) is 0.269. The van der Waals surface area contributed by atoms with E-state index in [0.29, 0.717) is 60.0 Å². The van der Waals surface area contributed by atoms with E-state index in [0.717, 1.165) is 18.4 Å². The van der Waals surface area contributed by atoms with E-state index >= 15 is 0 Å². The molecule has 1 atom stereocenters. The number of carbonyl (C=O) groups is 1. The van der Waals surface area contributed by atoms with Gasteiger partial charge < -0.3 is 24.8 Å². The summed E-state index contributed by atoms with van der Waals surface area (Å²) in [6, 6.07) is 12.7. The summed E-state index contributed by atoms with van der Waals surface area (Å²) in [5, 5.41) is 10.7. The first-order valence-corrected chi connectivity index (χ1v) is 13.4. The van der Waals surface area contributed by atoms with Crippen LogP contribution in [0.1, 0.15) is 65.0 Å². The highest BCUT2D eigenvalue weighted by Crippen LogP contribution is 2.39. The van der Waals surface area contributed by atoms with E-state index in [1.54, 1.807) is 4.68 Å². The Morgan fingerprint density at radius 3 is 2.55 bits per heavy atom. The van der Waals surface area contributed by atoms with Crippen molar-refractivity contribution in [2.75, 3.05) is 30.5 Å². The van der Waals surface area contributed by atoms with Crippen molar-refractivity contribution in [2.24, 2.45) is 0 Å². The molecule has 2 aromatic carbocycles. The summed E-state index contributed by atoms with van der Waals surface area (Å²) in [7, 11) is 0. The summed E-state index contributed by atoms with van der Waals surface area (Å²) < 4.78 is 19.5. The minimum atomic E-state index is -0.522. The number of carbonyl (C=O) groups excluding carboxylic acids is 1. The molecule has 0 radical (unpaired) electrons. The Morgan fingerprint density at radius 1 is 0.974 bits per heavy atom. The second kappa shape index (κ2) is 13.0. The van der Waals surface area contributed by atoms with E-state index in [2.05, 4.69) is 27.6 Å². The number of rotatable bonds is 13. The molecule has 1 unspecified atom stereocenters. The third-order valence-electron chi connectivity index (χ3n) is 6.31. The Morgan fingerprint density at radius 2 is 1.76 bits per heavy atom. The summed E-state index contributed by atoms with van der Waals surface area (Å²) >= 11 is 0. The van der Waals surface area contributed by atoms with Crippen LogP contribution in [0.15, 0.2) is 60.1 Å². The van der Waals surface area contributed by atoms with Gasteiger partial charge in [-0.25, -0.2) is 4.68 Å². The molecule has 2 heterocycles. The molecule has 9 nitrogen and oxygen atoms in total. The number of allylic oxidation sites excluding steroid dienone is 1. The van der Waals surface area contributed by atoms with Crippen molar-refractivity contribution in [1.29, 1.82) is 0 Å². The first-order valence-electron chi connectivity index (χ1n) is 13.4. The number of hydrogen-bond donors (Lipinski definition) is 2. The van der Waals surface area contributed by atoms with Gasteiger partial charge in [0.1, 0.15) is 18.1 Å². The maximum Gasteiger partial charge on any atom is 0.255 e. The lowest BCUT2D eigenvalue weighted by Crippen LogP contribution is -2.31. The number of hydrogen-bond acceptors (Lipinski definition) is 7. The largest absolute Gasteiger partial charge is 0.492 e. The number of para-hydroxylation sites is 2. The summed E-state index contributed by atoms with van der Waals surface area (Å²) in [5.74, 6) is 2.25. The Labute approximate surface area is 224 Å². The van der Waals surface area contributed by atoms with Gasteiger partial charge in [0.05, 0.1) is 31.1 Å². The normalized spacial score (nSPS) is 14.5. The van der Waals surface area contributed by atoms with E-state index in [1.165, 1.54) is 19.2 Å². The molecule has 1 aliphatic rings. The van der Waals surface area contributed by atoms with Gasteiger partial charge in [0.15, 0.2) is 11.5 Å². The molecule has 202 valence electrons. The van der Waals surface area contributed by atoms with Gasteiger partial charge in [-0.3, -0.25) is 4.79 Å². The number of unbranched alkanes of at least 4 members (excludes halogenated alkanes) is 3. The summed E-state index contributed by atoms with van der Waals surface area (Å²) in [4.78, 5) is 18.1. The maximum absolute atomic E-state index is 13.8. The molecule has 3 aromatic rings. The highest BCUT2D eigenvalue weighted by molar-refractivity contribution is 6.06. The molecule has 0 saturated heterocycles. The SMILES string of the molecule is CCCCCCOc1ccc(C2C(C(=O)Nc3ccccc3OCC)=C(C)Nc3ncnn32)cc1OCC. The van der Waals surface area contributed by atoms with Crippen LogP contribution in [-0.4, -0.2) is 40.5 Å². The van der Waals surface area contributed by atoms with E-state index < -0.39 is 6.04 Å². The Kier molecular flexibility index (Phi) is 9.24. The molecule has 4 rings (SSSR count). The lowest BCUT2D eigenvalue weighted by atomic mass is 9.94. The van der Waals surface area contributed by atoms with Crippen molar-refractivity contribution in [3.63, 3.8) is 0 Å². The average molecular weight is 520 g/mol. The third kappa shape index (κ3) is 6.10. The monoisotopic (exact) mass is 519 g/mol. The number of benzene rings is 2. The van der Waals surface area contributed by atoms with Crippen molar-refractivity contribution in [3.8, 4) is 17.2 Å². The Hall–Kier alpha value is -4.01. The van der Waals surface area contributed by atoms with E-state index in [-0.39, 0.29) is 5.91 Å². The highest BCUT2D eigenvalue weighted by atomic mass is 16.5. The minimum Gasteiger partial charge on any atom is -0.492 e. The van der Waals surface area contributed by atoms with E-state index in [4.69, 9.17) is 14.2 Å². The van der Waals surface area contributed by atoms with Crippen molar-refractivity contribution in [3.05, 3.63) is 65.6 Å². The second-order valence-electron chi connectivity index (χ2n) is 9.03. The van der Waals surface area contributed by atoms with Crippen LogP contribution < -0.4 is 24.8 Å². The number of amides is 1. The molecule has 2 N–H and O–H groups in total. The van der Waals surface area contributed by atoms with E-state index in [9.17, 15) is 4.79 Å². The van der Waals surface area contributed by atoms with Gasteiger partial charge in [-0.1, -0.05) is 44.4 Å². The van der Waals surface area contributed by atoms with Crippen LogP contribution in [0.2, 0.25) is 0 Å². The minimum absolute atomic E-state index is 0.262. The predicted octanol–water partition coefficient (Wildman–Crippen LogP) is 5.96. The fourth-order valence-corrected chi connectivity index (χ4v) is 4.53. The number of ether oxygens (including phenoxy) is 3. The highest BCUT2D eigenvalue weighted by Gasteiger charge is 2.34. The summed E-state index contributed by atoms with van der Waals surface area (Å²) in [6.07, 6.45) is 5.98. The Balaban J connectivity index is 1.66. The van der Waals surface area contributed by atoms with Crippen molar-refractivity contribution < 1.29 is 19.0 Å². The van der Waals surface area contributed by atoms with Crippen LogP contribution in [-0.2, 0) is 4.79 Å². The van der Waals surface area contributed by atoms with Gasteiger partial charge in [0, 0.05) is 5.70 Å². The number of nitrogens with one attached hydrogen (secondary N) is 2. The lowest BCUT2D eigenvalue weighted by molar-refractivity contribution is -0.113. The van der Waals surface area contributed by atoms with Crippen LogP contribution in [0.5, 0.6) is 17.2 Å². The zero-order valence-corrected chi connectivity index (χ0v) is 22.6. The third-order valence-corrected chi connectivity index (χ3v) is 6.31. The number of nitrogens with zero attached hydrogens (tertiary/aromatic N) is 3. The van der Waals surface area contributed by atoms with Gasteiger partial charge in [-0.15, -0.1) is 0 Å². The Bertz CT molecular complexity index is 1270. The molecule has 0 spiro atoms. The molecule has 0 aliphatic carbocycles. The second-order valence-corrected chi connectivity index (χ2v) is 9.03. The van der Waals surface area contributed by atoms with Gasteiger partial charge in [-0.05, 0) is 57.0 Å². The predicted molar refractivity (Wildman–Crippen MR) is 148 cm³/mol. The van der Waals surface area contributed by atoms with Crippen LogP contribution >= 0.6 is 0 Å². The van der Waals surface area contributed by atoms with Crippen LogP contribution in [0.25, 0.3) is 0 Å². The molecular formula is C29H37N5O4. The molecular weight excluding hydrogens is 482 g/mol. The molecule has 1 amide bonds. The van der Waals surface area contributed by atoms with Crippen LogP contribution in [0, 0.1) is 0 Å². The van der Waals surface area contributed by atoms with Crippen molar-refractivity contribution in [1.82, 2.24) is 14.8 Å². The maximum atomic E-state index is 13.8. The zero-order chi connectivity index (χ0) is 26.9. The summed E-state index contributed by atoms with van der Waals surface area (Å²) in [5.41, 5.74) is 2.65. The van der Waals surface area contributed by atoms with Gasteiger partial charge in [0.25, 0.3) is 5.91 Å². The molecule has 1 aromatic heterocycles. The smallest absolute Gasteiger partial charge is 0.255 e. The number of fused-ring (bicyclic) bond motifs is 1. The zero-order valence-electron chi connectivity index (χ0n) is 22.6. The van der Waals surface area contributed by atoms with Crippen molar-refractivity contribution in [2.45, 2.75) is 59.4 Å². The standard InChI is InChI=1S/C29H37N5O4/c1-5-8-9-12-17-38-24-16-15-21(18-25(24)37-7-3)27-26(20(4)32-29-30-19-31-34(27)29)28(35)33-22-13-10-11-14-23(22)36-6-2/h10-11,13-16,18-19,27H,5-9,12,17H2,1-4H3,(H,33,35)(H,30,31,32).